The summed E-state index contributed by atoms with van der Waals surface area (Å²) < 4.78 is 71.2. The van der Waals surface area contributed by atoms with E-state index in [9.17, 15) is 31.3 Å². The third-order valence-corrected chi connectivity index (χ3v) is 8.47. The zero-order valence-corrected chi connectivity index (χ0v) is 20.3. The monoisotopic (exact) mass is 534 g/mol. The first-order valence-corrected chi connectivity index (χ1v) is 13.4. The molecule has 3 aromatic rings. The van der Waals surface area contributed by atoms with Crippen molar-refractivity contribution in [2.24, 2.45) is 5.10 Å². The van der Waals surface area contributed by atoms with Crippen molar-refractivity contribution in [3.63, 3.8) is 0 Å². The molecule has 0 spiro atoms. The summed E-state index contributed by atoms with van der Waals surface area (Å²) in [5.41, 5.74) is 2.24. The second-order valence-corrected chi connectivity index (χ2v) is 11.4. The quantitative estimate of drug-likeness (QED) is 0.265. The second kappa shape index (κ2) is 9.54. The molecular formula is C22H19FN4O7S2. The van der Waals surface area contributed by atoms with E-state index >= 15 is 0 Å². The van der Waals surface area contributed by atoms with E-state index in [0.717, 1.165) is 36.4 Å². The van der Waals surface area contributed by atoms with Crippen LogP contribution in [0.2, 0.25) is 0 Å². The molecule has 1 aliphatic heterocycles. The van der Waals surface area contributed by atoms with Gasteiger partial charge in [0, 0.05) is 23.7 Å². The number of sulfonamides is 1. The number of halogens is 1. The van der Waals surface area contributed by atoms with E-state index < -0.39 is 36.3 Å². The summed E-state index contributed by atoms with van der Waals surface area (Å²) in [6.45, 7) is 0. The number of fused-ring (bicyclic) bond motifs is 1. The summed E-state index contributed by atoms with van der Waals surface area (Å²) in [4.78, 5) is 10.4. The number of nitro groups is 1. The standard InChI is InChI=1S/C22H19FN4O7S2/c1-34-16-5-3-15(4-6-16)26-36(32,33)17-7-8-20(21(13-17)27(28)29)25-24-19-10-11-35(30,31)22-9-2-14(23)12-18(19)22/h2-9,12-13,25-26H,10-11H2,1H3. The second-order valence-electron chi connectivity index (χ2n) is 7.65. The van der Waals surface area contributed by atoms with Crippen LogP contribution < -0.4 is 14.9 Å². The Morgan fingerprint density at radius 2 is 1.81 bits per heavy atom. The van der Waals surface area contributed by atoms with Crippen LogP contribution in [0.1, 0.15) is 12.0 Å². The van der Waals surface area contributed by atoms with Crippen molar-refractivity contribution in [2.75, 3.05) is 23.0 Å². The highest BCUT2D eigenvalue weighted by Crippen LogP contribution is 2.30. The normalized spacial score (nSPS) is 15.7. The number of hydrogen-bond acceptors (Lipinski definition) is 9. The fraction of sp³-hybridized carbons (Fsp3) is 0.136. The summed E-state index contributed by atoms with van der Waals surface area (Å²) in [5.74, 6) is -0.405. The maximum atomic E-state index is 13.8. The summed E-state index contributed by atoms with van der Waals surface area (Å²) >= 11 is 0. The zero-order chi connectivity index (χ0) is 26.1. The van der Waals surface area contributed by atoms with Gasteiger partial charge in [0.05, 0.1) is 33.3 Å². The van der Waals surface area contributed by atoms with E-state index in [2.05, 4.69) is 15.2 Å². The van der Waals surface area contributed by atoms with Crippen molar-refractivity contribution < 1.29 is 30.9 Å². The molecule has 0 aliphatic carbocycles. The van der Waals surface area contributed by atoms with Gasteiger partial charge in [-0.25, -0.2) is 21.2 Å². The number of rotatable bonds is 7. The van der Waals surface area contributed by atoms with Crippen LogP contribution in [0.4, 0.5) is 21.5 Å². The van der Waals surface area contributed by atoms with Crippen LogP contribution in [0, 0.1) is 15.9 Å². The number of nitro benzene ring substituents is 1. The van der Waals surface area contributed by atoms with E-state index in [1.807, 2.05) is 0 Å². The number of benzene rings is 3. The van der Waals surface area contributed by atoms with E-state index in [1.54, 1.807) is 12.1 Å². The first-order chi connectivity index (χ1) is 17.0. The first-order valence-electron chi connectivity index (χ1n) is 10.3. The maximum absolute atomic E-state index is 13.8. The molecule has 0 atom stereocenters. The largest absolute Gasteiger partial charge is 0.497 e. The lowest BCUT2D eigenvalue weighted by Crippen LogP contribution is -2.23. The van der Waals surface area contributed by atoms with Crippen molar-refractivity contribution in [2.45, 2.75) is 16.2 Å². The number of anilines is 2. The molecule has 188 valence electrons. The molecule has 3 aromatic carbocycles. The van der Waals surface area contributed by atoms with E-state index in [1.165, 1.54) is 19.2 Å². The number of nitrogens with one attached hydrogen (secondary N) is 2. The Kier molecular flexibility index (Phi) is 6.65. The third kappa shape index (κ3) is 5.13. The van der Waals surface area contributed by atoms with Crippen molar-refractivity contribution in [3.8, 4) is 5.75 Å². The van der Waals surface area contributed by atoms with E-state index in [0.29, 0.717) is 5.75 Å². The number of sulfone groups is 1. The maximum Gasteiger partial charge on any atom is 0.295 e. The molecule has 0 aromatic heterocycles. The molecule has 36 heavy (non-hydrogen) atoms. The Morgan fingerprint density at radius 1 is 1.08 bits per heavy atom. The van der Waals surface area contributed by atoms with Gasteiger partial charge in [0.2, 0.25) is 0 Å². The van der Waals surface area contributed by atoms with Crippen molar-refractivity contribution >= 4 is 42.6 Å². The number of hydrazone groups is 1. The molecule has 0 bridgehead atoms. The lowest BCUT2D eigenvalue weighted by atomic mass is 10.1. The molecule has 0 saturated carbocycles. The molecule has 14 heteroatoms. The minimum atomic E-state index is -4.17. The molecular weight excluding hydrogens is 515 g/mol. The van der Waals surface area contributed by atoms with Crippen molar-refractivity contribution in [3.05, 3.63) is 82.2 Å². The molecule has 0 fully saturated rings. The van der Waals surface area contributed by atoms with Crippen LogP contribution in [0.25, 0.3) is 0 Å². The van der Waals surface area contributed by atoms with Gasteiger partial charge >= 0.3 is 0 Å². The Balaban J connectivity index is 1.64. The zero-order valence-electron chi connectivity index (χ0n) is 18.6. The van der Waals surface area contributed by atoms with Gasteiger partial charge in [-0.05, 0) is 54.6 Å². The molecule has 1 aliphatic rings. The van der Waals surface area contributed by atoms with Gasteiger partial charge < -0.3 is 4.74 Å². The molecule has 4 rings (SSSR count). The Hall–Kier alpha value is -4.04. The fourth-order valence-electron chi connectivity index (χ4n) is 3.52. The van der Waals surface area contributed by atoms with Crippen molar-refractivity contribution in [1.82, 2.24) is 0 Å². The molecule has 1 heterocycles. The minimum Gasteiger partial charge on any atom is -0.497 e. The number of ether oxygens (including phenoxy) is 1. The Morgan fingerprint density at radius 3 is 2.47 bits per heavy atom. The number of nitrogens with zero attached hydrogens (tertiary/aromatic N) is 2. The van der Waals surface area contributed by atoms with E-state index in [4.69, 9.17) is 4.74 Å². The highest BCUT2D eigenvalue weighted by atomic mass is 32.2. The minimum absolute atomic E-state index is 0.0438. The summed E-state index contributed by atoms with van der Waals surface area (Å²) in [6.07, 6.45) is -0.0438. The van der Waals surface area contributed by atoms with Gasteiger partial charge in [-0.15, -0.1) is 0 Å². The average molecular weight is 535 g/mol. The van der Waals surface area contributed by atoms with Gasteiger partial charge in [0.25, 0.3) is 15.7 Å². The summed E-state index contributed by atoms with van der Waals surface area (Å²) in [6, 6.07) is 12.4. The summed E-state index contributed by atoms with van der Waals surface area (Å²) in [7, 11) is -6.31. The van der Waals surface area contributed by atoms with Gasteiger partial charge in [-0.2, -0.15) is 5.10 Å². The first kappa shape index (κ1) is 25.1. The molecule has 2 N–H and O–H groups in total. The fourth-order valence-corrected chi connectivity index (χ4v) is 6.06. The molecule has 0 radical (unpaired) electrons. The Labute approximate surface area is 205 Å². The van der Waals surface area contributed by atoms with Crippen LogP contribution in [0.15, 0.2) is 75.6 Å². The van der Waals surface area contributed by atoms with Crippen molar-refractivity contribution in [1.29, 1.82) is 0 Å². The predicted molar refractivity (Wildman–Crippen MR) is 130 cm³/mol. The van der Waals surface area contributed by atoms with E-state index in [-0.39, 0.29) is 44.6 Å². The van der Waals surface area contributed by atoms with Crippen LogP contribution in [0.5, 0.6) is 5.75 Å². The van der Waals surface area contributed by atoms with Crippen LogP contribution >= 0.6 is 0 Å². The van der Waals surface area contributed by atoms with Crippen LogP contribution in [-0.2, 0) is 19.9 Å². The lowest BCUT2D eigenvalue weighted by Gasteiger charge is -2.18. The Bertz CT molecular complexity index is 1590. The third-order valence-electron chi connectivity index (χ3n) is 5.32. The molecule has 11 nitrogen and oxygen atoms in total. The number of methoxy groups -OCH3 is 1. The van der Waals surface area contributed by atoms with Crippen LogP contribution in [-0.4, -0.2) is 40.3 Å². The van der Waals surface area contributed by atoms with Crippen LogP contribution in [0.3, 0.4) is 0 Å². The van der Waals surface area contributed by atoms with Gasteiger partial charge in [-0.3, -0.25) is 20.3 Å². The average Bonchev–Trinajstić information content (AvgIpc) is 2.83. The smallest absolute Gasteiger partial charge is 0.295 e. The number of hydrogen-bond donors (Lipinski definition) is 2. The summed E-state index contributed by atoms with van der Waals surface area (Å²) in [5, 5.41) is 15.7. The molecule has 0 amide bonds. The van der Waals surface area contributed by atoms with Gasteiger partial charge in [0.1, 0.15) is 17.3 Å². The highest BCUT2D eigenvalue weighted by Gasteiger charge is 2.28. The predicted octanol–water partition coefficient (Wildman–Crippen LogP) is 3.54. The SMILES string of the molecule is COc1ccc(NS(=O)(=O)c2ccc(NN=C3CCS(=O)(=O)c4ccc(F)cc43)c([N+](=O)[O-])c2)cc1. The molecule has 0 saturated heterocycles. The topological polar surface area (TPSA) is 157 Å². The molecule has 0 unspecified atom stereocenters. The highest BCUT2D eigenvalue weighted by molar-refractivity contribution is 7.92. The van der Waals surface area contributed by atoms with Gasteiger partial charge in [-0.1, -0.05) is 0 Å². The van der Waals surface area contributed by atoms with Gasteiger partial charge in [0.15, 0.2) is 9.84 Å². The lowest BCUT2D eigenvalue weighted by molar-refractivity contribution is -0.384.